The highest BCUT2D eigenvalue weighted by Gasteiger charge is 2.24. The standard InChI is InChI=1S/C22H26FN3O2S/c1-17-6-2-3-7-18(17)14-25-10-12-26(13-11-25)22(28)16-29-15-21(27)24-20-9-5-4-8-19(20)23/h2-9H,10-16H2,1H3,(H,24,27)/p+1. The van der Waals surface area contributed by atoms with E-state index in [1.165, 1.54) is 39.9 Å². The lowest BCUT2D eigenvalue weighted by atomic mass is 10.1. The van der Waals surface area contributed by atoms with Crippen molar-refractivity contribution in [2.75, 3.05) is 43.0 Å². The van der Waals surface area contributed by atoms with Gasteiger partial charge in [-0.2, -0.15) is 0 Å². The summed E-state index contributed by atoms with van der Waals surface area (Å²) in [4.78, 5) is 27.7. The Hall–Kier alpha value is -2.38. The molecule has 1 saturated heterocycles. The molecule has 0 aromatic heterocycles. The molecular weight excluding hydrogens is 389 g/mol. The second-order valence-electron chi connectivity index (χ2n) is 7.25. The van der Waals surface area contributed by atoms with Crippen LogP contribution in [0.2, 0.25) is 0 Å². The Labute approximate surface area is 175 Å². The van der Waals surface area contributed by atoms with Crippen LogP contribution in [0.1, 0.15) is 11.1 Å². The van der Waals surface area contributed by atoms with Crippen LogP contribution in [0, 0.1) is 12.7 Å². The molecular formula is C22H27FN3O2S+. The Morgan fingerprint density at radius 1 is 1.07 bits per heavy atom. The molecule has 2 aromatic rings. The van der Waals surface area contributed by atoms with Gasteiger partial charge in [0.15, 0.2) is 0 Å². The van der Waals surface area contributed by atoms with Gasteiger partial charge in [0.05, 0.1) is 43.4 Å². The molecule has 0 atom stereocenters. The van der Waals surface area contributed by atoms with Crippen molar-refractivity contribution in [1.29, 1.82) is 0 Å². The average Bonchev–Trinajstić information content (AvgIpc) is 2.72. The zero-order valence-electron chi connectivity index (χ0n) is 16.6. The smallest absolute Gasteiger partial charge is 0.234 e. The van der Waals surface area contributed by atoms with Gasteiger partial charge < -0.3 is 15.1 Å². The molecule has 0 aliphatic carbocycles. The van der Waals surface area contributed by atoms with Crippen LogP contribution in [-0.4, -0.2) is 54.4 Å². The van der Waals surface area contributed by atoms with Gasteiger partial charge in [0.1, 0.15) is 12.4 Å². The van der Waals surface area contributed by atoms with Gasteiger partial charge in [-0.1, -0.05) is 36.4 Å². The Morgan fingerprint density at radius 3 is 2.48 bits per heavy atom. The van der Waals surface area contributed by atoms with Crippen molar-refractivity contribution in [3.05, 3.63) is 65.5 Å². The minimum atomic E-state index is -0.465. The van der Waals surface area contributed by atoms with E-state index >= 15 is 0 Å². The SMILES string of the molecule is Cc1ccccc1C[NH+]1CCN(C(=O)CSCC(=O)Nc2ccccc2F)CC1. The maximum Gasteiger partial charge on any atom is 0.234 e. The molecule has 3 rings (SSSR count). The molecule has 1 heterocycles. The van der Waals surface area contributed by atoms with Crippen LogP contribution in [0.5, 0.6) is 0 Å². The zero-order chi connectivity index (χ0) is 20.6. The fourth-order valence-electron chi connectivity index (χ4n) is 3.40. The number of aryl methyl sites for hydroxylation is 1. The molecule has 2 aromatic carbocycles. The molecule has 29 heavy (non-hydrogen) atoms. The quantitative estimate of drug-likeness (QED) is 0.723. The topological polar surface area (TPSA) is 53.9 Å². The van der Waals surface area contributed by atoms with Crippen LogP contribution in [0.15, 0.2) is 48.5 Å². The molecule has 0 radical (unpaired) electrons. The Morgan fingerprint density at radius 2 is 1.76 bits per heavy atom. The largest absolute Gasteiger partial charge is 0.331 e. The van der Waals surface area contributed by atoms with Crippen molar-refractivity contribution in [2.24, 2.45) is 0 Å². The number of hydrogen-bond acceptors (Lipinski definition) is 3. The number of quaternary nitrogens is 1. The van der Waals surface area contributed by atoms with Crippen molar-refractivity contribution in [1.82, 2.24) is 4.90 Å². The summed E-state index contributed by atoms with van der Waals surface area (Å²) in [6.07, 6.45) is 0. The van der Waals surface area contributed by atoms with E-state index in [9.17, 15) is 14.0 Å². The van der Waals surface area contributed by atoms with Crippen LogP contribution >= 0.6 is 11.8 Å². The fourth-order valence-corrected chi connectivity index (χ4v) is 4.11. The molecule has 0 saturated carbocycles. The molecule has 0 spiro atoms. The van der Waals surface area contributed by atoms with E-state index in [2.05, 4.69) is 36.5 Å². The molecule has 0 unspecified atom stereocenters. The van der Waals surface area contributed by atoms with Gasteiger partial charge in [-0.25, -0.2) is 4.39 Å². The number of para-hydroxylation sites is 1. The van der Waals surface area contributed by atoms with Gasteiger partial charge in [0.25, 0.3) is 0 Å². The number of carbonyl (C=O) groups is 2. The van der Waals surface area contributed by atoms with E-state index in [4.69, 9.17) is 0 Å². The summed E-state index contributed by atoms with van der Waals surface area (Å²) in [6.45, 7) is 6.45. The molecule has 154 valence electrons. The molecule has 1 aliphatic heterocycles. The highest BCUT2D eigenvalue weighted by Crippen LogP contribution is 2.13. The van der Waals surface area contributed by atoms with Gasteiger partial charge >= 0.3 is 0 Å². The fraction of sp³-hybridized carbons (Fsp3) is 0.364. The third kappa shape index (κ3) is 6.30. The lowest BCUT2D eigenvalue weighted by Gasteiger charge is -2.32. The number of nitrogens with one attached hydrogen (secondary N) is 2. The maximum atomic E-state index is 13.6. The second kappa shape index (κ2) is 10.4. The highest BCUT2D eigenvalue weighted by atomic mass is 32.2. The van der Waals surface area contributed by atoms with Crippen LogP contribution in [-0.2, 0) is 16.1 Å². The number of anilines is 1. The van der Waals surface area contributed by atoms with E-state index in [1.54, 1.807) is 12.1 Å². The van der Waals surface area contributed by atoms with Gasteiger partial charge in [-0.05, 0) is 24.6 Å². The maximum absolute atomic E-state index is 13.6. The molecule has 7 heteroatoms. The van der Waals surface area contributed by atoms with Gasteiger partial charge in [0.2, 0.25) is 11.8 Å². The van der Waals surface area contributed by atoms with Crippen LogP contribution in [0.3, 0.4) is 0 Å². The van der Waals surface area contributed by atoms with E-state index in [1.807, 2.05) is 4.90 Å². The molecule has 1 aliphatic rings. The monoisotopic (exact) mass is 416 g/mol. The number of thioether (sulfide) groups is 1. The highest BCUT2D eigenvalue weighted by molar-refractivity contribution is 8.00. The number of amides is 2. The van der Waals surface area contributed by atoms with Crippen LogP contribution in [0.4, 0.5) is 10.1 Å². The summed E-state index contributed by atoms with van der Waals surface area (Å²) in [6, 6.07) is 14.5. The van der Waals surface area contributed by atoms with E-state index < -0.39 is 5.82 Å². The Kier molecular flexibility index (Phi) is 7.66. The lowest BCUT2D eigenvalue weighted by molar-refractivity contribution is -0.917. The number of piperazine rings is 1. The van der Waals surface area contributed by atoms with Gasteiger partial charge in [-0.15, -0.1) is 11.8 Å². The van der Waals surface area contributed by atoms with Crippen molar-refractivity contribution in [3.8, 4) is 0 Å². The molecule has 1 fully saturated rings. The summed E-state index contributed by atoms with van der Waals surface area (Å²) in [5.74, 6) is -0.326. The third-order valence-corrected chi connectivity index (χ3v) is 6.05. The zero-order valence-corrected chi connectivity index (χ0v) is 17.4. The van der Waals surface area contributed by atoms with Crippen molar-refractivity contribution in [2.45, 2.75) is 13.5 Å². The normalized spacial score (nSPS) is 14.6. The van der Waals surface area contributed by atoms with E-state index in [0.717, 1.165) is 32.7 Å². The molecule has 0 bridgehead atoms. The predicted octanol–water partition coefficient (Wildman–Crippen LogP) is 1.73. The second-order valence-corrected chi connectivity index (χ2v) is 8.24. The number of rotatable bonds is 7. The van der Waals surface area contributed by atoms with Crippen LogP contribution < -0.4 is 10.2 Å². The van der Waals surface area contributed by atoms with Crippen molar-refractivity contribution < 1.29 is 18.9 Å². The summed E-state index contributed by atoms with van der Waals surface area (Å²) in [5.41, 5.74) is 2.83. The van der Waals surface area contributed by atoms with Gasteiger partial charge in [0, 0.05) is 5.56 Å². The number of nitrogens with zero attached hydrogens (tertiary/aromatic N) is 1. The summed E-state index contributed by atoms with van der Waals surface area (Å²) in [7, 11) is 0. The Balaban J connectivity index is 1.36. The minimum Gasteiger partial charge on any atom is -0.331 e. The summed E-state index contributed by atoms with van der Waals surface area (Å²) >= 11 is 1.26. The minimum absolute atomic E-state index is 0.0589. The van der Waals surface area contributed by atoms with E-state index in [-0.39, 0.29) is 29.0 Å². The average molecular weight is 417 g/mol. The first-order valence-electron chi connectivity index (χ1n) is 9.81. The number of carbonyl (C=O) groups excluding carboxylic acids is 2. The Bertz CT molecular complexity index is 853. The third-order valence-electron chi connectivity index (χ3n) is 5.13. The first-order valence-corrected chi connectivity index (χ1v) is 11.0. The molecule has 5 nitrogen and oxygen atoms in total. The number of halogens is 1. The number of benzene rings is 2. The molecule has 2 N–H and O–H groups in total. The van der Waals surface area contributed by atoms with Crippen molar-refractivity contribution in [3.63, 3.8) is 0 Å². The first kappa shape index (κ1) is 21.3. The van der Waals surface area contributed by atoms with Crippen LogP contribution in [0.25, 0.3) is 0 Å². The lowest BCUT2D eigenvalue weighted by Crippen LogP contribution is -3.13. The first-order chi connectivity index (χ1) is 14.0. The summed E-state index contributed by atoms with van der Waals surface area (Å²) < 4.78 is 13.6. The number of hydrogen-bond donors (Lipinski definition) is 2. The van der Waals surface area contributed by atoms with E-state index in [0.29, 0.717) is 0 Å². The summed E-state index contributed by atoms with van der Waals surface area (Å²) in [5, 5.41) is 2.53. The molecule has 2 amide bonds. The van der Waals surface area contributed by atoms with Gasteiger partial charge in [-0.3, -0.25) is 9.59 Å². The van der Waals surface area contributed by atoms with Crippen molar-refractivity contribution >= 4 is 29.3 Å². The predicted molar refractivity (Wildman–Crippen MR) is 115 cm³/mol.